The Balaban J connectivity index is 1.48. The largest absolute Gasteiger partial charge is 0.355 e. The minimum atomic E-state index is -0.266. The number of rotatable bonds is 7. The summed E-state index contributed by atoms with van der Waals surface area (Å²) in [7, 11) is 1.56. The van der Waals surface area contributed by atoms with E-state index in [4.69, 9.17) is 0 Å². The highest BCUT2D eigenvalue weighted by Gasteiger charge is 2.15. The maximum absolute atomic E-state index is 12.7. The van der Waals surface area contributed by atoms with Gasteiger partial charge >= 0.3 is 0 Å². The summed E-state index contributed by atoms with van der Waals surface area (Å²) in [5, 5.41) is 9.70. The molecule has 0 saturated heterocycles. The highest BCUT2D eigenvalue weighted by molar-refractivity contribution is 5.95. The van der Waals surface area contributed by atoms with E-state index in [9.17, 15) is 9.59 Å². The molecule has 0 saturated carbocycles. The smallest absolute Gasteiger partial charge is 0.254 e. The molecule has 0 radical (unpaired) electrons. The maximum atomic E-state index is 12.7. The summed E-state index contributed by atoms with van der Waals surface area (Å²) in [4.78, 5) is 33.9. The number of carbonyl (C=O) groups excluding carboxylic acids is 2. The molecule has 2 aromatic heterocycles. The molecule has 2 aromatic carbocycles. The first-order valence-corrected chi connectivity index (χ1v) is 10.2. The fourth-order valence-electron chi connectivity index (χ4n) is 3.27. The number of nitrogens with zero attached hydrogens (tertiary/aromatic N) is 4. The summed E-state index contributed by atoms with van der Waals surface area (Å²) in [6.45, 7) is 0.320. The zero-order valence-electron chi connectivity index (χ0n) is 17.5. The minimum Gasteiger partial charge on any atom is -0.355 e. The Morgan fingerprint density at radius 2 is 1.84 bits per heavy atom. The Morgan fingerprint density at radius 1 is 1.00 bits per heavy atom. The van der Waals surface area contributed by atoms with E-state index in [0.29, 0.717) is 35.6 Å². The van der Waals surface area contributed by atoms with E-state index in [1.165, 1.54) is 6.20 Å². The molecule has 0 unspecified atom stereocenters. The van der Waals surface area contributed by atoms with Gasteiger partial charge in [0.05, 0.1) is 16.9 Å². The first kappa shape index (κ1) is 20.9. The molecule has 160 valence electrons. The van der Waals surface area contributed by atoms with Crippen LogP contribution >= 0.6 is 0 Å². The van der Waals surface area contributed by atoms with Crippen LogP contribution in [0, 0.1) is 0 Å². The highest BCUT2D eigenvalue weighted by atomic mass is 16.2. The van der Waals surface area contributed by atoms with Gasteiger partial charge in [0.25, 0.3) is 11.8 Å². The molecule has 32 heavy (non-hydrogen) atoms. The number of nitrogens with one attached hydrogen (secondary N) is 2. The molecule has 2 heterocycles. The number of benzene rings is 2. The summed E-state index contributed by atoms with van der Waals surface area (Å²) >= 11 is 0. The van der Waals surface area contributed by atoms with Gasteiger partial charge in [-0.05, 0) is 24.3 Å². The molecule has 0 fully saturated rings. The summed E-state index contributed by atoms with van der Waals surface area (Å²) in [6.07, 6.45) is 5.41. The van der Waals surface area contributed by atoms with Crippen LogP contribution in [0.4, 0.5) is 0 Å². The molecule has 0 atom stereocenters. The molecule has 4 aromatic rings. The number of aromatic nitrogens is 4. The van der Waals surface area contributed by atoms with Crippen molar-refractivity contribution in [3.63, 3.8) is 0 Å². The van der Waals surface area contributed by atoms with Crippen LogP contribution < -0.4 is 10.6 Å². The fraction of sp³-hybridized carbons (Fsp3) is 0.125. The van der Waals surface area contributed by atoms with Crippen molar-refractivity contribution in [3.05, 3.63) is 96.1 Å². The Labute approximate surface area is 185 Å². The third-order valence-electron chi connectivity index (χ3n) is 4.90. The number of carbonyl (C=O) groups is 2. The van der Waals surface area contributed by atoms with Crippen LogP contribution in [-0.2, 0) is 6.42 Å². The third-order valence-corrected chi connectivity index (χ3v) is 4.90. The van der Waals surface area contributed by atoms with E-state index < -0.39 is 0 Å². The first-order valence-electron chi connectivity index (χ1n) is 10.2. The second-order valence-corrected chi connectivity index (χ2v) is 7.01. The van der Waals surface area contributed by atoms with Gasteiger partial charge in [-0.15, -0.1) is 0 Å². The van der Waals surface area contributed by atoms with Gasteiger partial charge in [0.1, 0.15) is 0 Å². The maximum Gasteiger partial charge on any atom is 0.254 e. The van der Waals surface area contributed by atoms with E-state index in [-0.39, 0.29) is 11.8 Å². The van der Waals surface area contributed by atoms with Gasteiger partial charge < -0.3 is 10.6 Å². The Bertz CT molecular complexity index is 1220. The first-order chi connectivity index (χ1) is 15.7. The lowest BCUT2D eigenvalue weighted by atomic mass is 10.1. The molecule has 8 heteroatoms. The van der Waals surface area contributed by atoms with Crippen LogP contribution in [-0.4, -0.2) is 45.2 Å². The zero-order chi connectivity index (χ0) is 22.3. The average Bonchev–Trinajstić information content (AvgIpc) is 3.39. The van der Waals surface area contributed by atoms with Crippen molar-refractivity contribution in [1.29, 1.82) is 0 Å². The van der Waals surface area contributed by atoms with E-state index >= 15 is 0 Å². The Kier molecular flexibility index (Phi) is 6.31. The molecular weight excluding hydrogens is 404 g/mol. The van der Waals surface area contributed by atoms with Gasteiger partial charge in [-0.25, -0.2) is 14.6 Å². The summed E-state index contributed by atoms with van der Waals surface area (Å²) in [5.74, 6) is 0.0576. The van der Waals surface area contributed by atoms with E-state index in [1.807, 2.05) is 54.7 Å². The van der Waals surface area contributed by atoms with Gasteiger partial charge in [-0.2, -0.15) is 5.10 Å². The van der Waals surface area contributed by atoms with Crippen LogP contribution in [0.5, 0.6) is 0 Å². The predicted octanol–water partition coefficient (Wildman–Crippen LogP) is 2.66. The van der Waals surface area contributed by atoms with Crippen LogP contribution in [0.3, 0.4) is 0 Å². The number of hydrogen-bond acceptors (Lipinski definition) is 5. The molecule has 0 aliphatic carbocycles. The van der Waals surface area contributed by atoms with E-state index in [1.54, 1.807) is 30.1 Å². The van der Waals surface area contributed by atoms with Crippen LogP contribution in [0.2, 0.25) is 0 Å². The van der Waals surface area contributed by atoms with Crippen molar-refractivity contribution in [3.8, 4) is 17.1 Å². The van der Waals surface area contributed by atoms with Crippen molar-refractivity contribution in [1.82, 2.24) is 30.4 Å². The molecule has 0 aliphatic heterocycles. The monoisotopic (exact) mass is 426 g/mol. The Morgan fingerprint density at radius 3 is 2.59 bits per heavy atom. The lowest BCUT2D eigenvalue weighted by molar-refractivity contribution is 0.0952. The van der Waals surface area contributed by atoms with Gasteiger partial charge in [-0.3, -0.25) is 9.59 Å². The fourth-order valence-corrected chi connectivity index (χ4v) is 3.27. The van der Waals surface area contributed by atoms with Crippen LogP contribution in [0.25, 0.3) is 17.1 Å². The molecule has 2 N–H and O–H groups in total. The molecule has 2 amide bonds. The van der Waals surface area contributed by atoms with Crippen LogP contribution in [0.1, 0.15) is 26.4 Å². The molecule has 0 spiro atoms. The second kappa shape index (κ2) is 9.65. The third kappa shape index (κ3) is 4.70. The summed E-state index contributed by atoms with van der Waals surface area (Å²) in [6, 6.07) is 18.6. The van der Waals surface area contributed by atoms with E-state index in [2.05, 4.69) is 25.7 Å². The standard InChI is InChI=1S/C24H22N6O2/c1-25-24(32)20-16-27-22(17-7-3-2-4-8-17)29-21(20)11-13-26-23(31)18-9-5-10-19(15-18)30-14-6-12-28-30/h2-10,12,14-16H,11,13H2,1H3,(H,25,32)(H,26,31). The van der Waals surface area contributed by atoms with Crippen molar-refractivity contribution >= 4 is 11.8 Å². The molecule has 0 bridgehead atoms. The normalized spacial score (nSPS) is 10.5. The molecule has 0 aliphatic rings. The summed E-state index contributed by atoms with van der Waals surface area (Å²) < 4.78 is 1.69. The lowest BCUT2D eigenvalue weighted by Crippen LogP contribution is -2.27. The number of amides is 2. The van der Waals surface area contributed by atoms with Crippen molar-refractivity contribution in [2.75, 3.05) is 13.6 Å². The molecular formula is C24H22N6O2. The van der Waals surface area contributed by atoms with Crippen molar-refractivity contribution in [2.24, 2.45) is 0 Å². The minimum absolute atomic E-state index is 0.210. The van der Waals surface area contributed by atoms with Crippen molar-refractivity contribution < 1.29 is 9.59 Å². The van der Waals surface area contributed by atoms with Crippen molar-refractivity contribution in [2.45, 2.75) is 6.42 Å². The van der Waals surface area contributed by atoms with Gasteiger partial charge in [0.15, 0.2) is 5.82 Å². The highest BCUT2D eigenvalue weighted by Crippen LogP contribution is 2.17. The Hall–Kier alpha value is -4.33. The molecule has 8 nitrogen and oxygen atoms in total. The van der Waals surface area contributed by atoms with Gasteiger partial charge in [0, 0.05) is 49.7 Å². The SMILES string of the molecule is CNC(=O)c1cnc(-c2ccccc2)nc1CCNC(=O)c1cccc(-n2cccn2)c1. The predicted molar refractivity (Wildman–Crippen MR) is 120 cm³/mol. The number of hydrogen-bond donors (Lipinski definition) is 2. The van der Waals surface area contributed by atoms with Crippen LogP contribution in [0.15, 0.2) is 79.3 Å². The molecule has 4 rings (SSSR count). The van der Waals surface area contributed by atoms with E-state index in [0.717, 1.165) is 11.3 Å². The average molecular weight is 426 g/mol. The summed E-state index contributed by atoms with van der Waals surface area (Å²) in [5.41, 5.74) is 3.15. The quantitative estimate of drug-likeness (QED) is 0.473. The zero-order valence-corrected chi connectivity index (χ0v) is 17.5. The van der Waals surface area contributed by atoms with Gasteiger partial charge in [0.2, 0.25) is 0 Å². The second-order valence-electron chi connectivity index (χ2n) is 7.01. The van der Waals surface area contributed by atoms with Gasteiger partial charge in [-0.1, -0.05) is 36.4 Å². The lowest BCUT2D eigenvalue weighted by Gasteiger charge is -2.11. The topological polar surface area (TPSA) is 102 Å².